The number of carbonyl (C=O) groups excluding carboxylic acids is 1. The summed E-state index contributed by atoms with van der Waals surface area (Å²) in [4.78, 5) is 13.5. The fourth-order valence-electron chi connectivity index (χ4n) is 1.81. The molecule has 1 amide bonds. The Morgan fingerprint density at radius 3 is 2.71 bits per heavy atom. The molecular weight excluding hydrogens is 220 g/mol. The summed E-state index contributed by atoms with van der Waals surface area (Å²) in [6.07, 6.45) is 1.51. The van der Waals surface area contributed by atoms with E-state index in [0.717, 1.165) is 12.8 Å². The minimum absolute atomic E-state index is 0.0498. The van der Waals surface area contributed by atoms with Gasteiger partial charge in [0.2, 0.25) is 0 Å². The number of ether oxygens (including phenoxy) is 1. The third kappa shape index (κ3) is 4.93. The van der Waals surface area contributed by atoms with Crippen LogP contribution in [-0.2, 0) is 4.74 Å². The molecule has 1 aliphatic heterocycles. The van der Waals surface area contributed by atoms with Crippen LogP contribution in [0.5, 0.6) is 0 Å². The molecule has 1 saturated heterocycles. The summed E-state index contributed by atoms with van der Waals surface area (Å²) in [5, 5.41) is 10.0. The van der Waals surface area contributed by atoms with E-state index in [1.54, 1.807) is 4.90 Å². The van der Waals surface area contributed by atoms with Gasteiger partial charge in [0.15, 0.2) is 5.96 Å². The van der Waals surface area contributed by atoms with Crippen molar-refractivity contribution >= 4 is 12.1 Å². The molecule has 0 aromatic heterocycles. The lowest BCUT2D eigenvalue weighted by Crippen LogP contribution is -2.51. The Labute approximate surface area is 102 Å². The maximum absolute atomic E-state index is 11.8. The smallest absolute Gasteiger partial charge is 0.410 e. The van der Waals surface area contributed by atoms with Crippen LogP contribution in [-0.4, -0.2) is 41.7 Å². The first-order valence-electron chi connectivity index (χ1n) is 5.86. The molecule has 1 rings (SSSR count). The maximum atomic E-state index is 11.8. The van der Waals surface area contributed by atoms with Crippen LogP contribution in [0.25, 0.3) is 0 Å². The zero-order chi connectivity index (χ0) is 13.1. The highest BCUT2D eigenvalue weighted by molar-refractivity contribution is 5.75. The number of amides is 1. The number of hydrogen-bond acceptors (Lipinski definition) is 3. The molecule has 1 heterocycles. The minimum atomic E-state index is -0.474. The fraction of sp³-hybridized carbons (Fsp3) is 0.818. The highest BCUT2D eigenvalue weighted by Crippen LogP contribution is 2.15. The summed E-state index contributed by atoms with van der Waals surface area (Å²) in [5.74, 6) is -0.0546. The van der Waals surface area contributed by atoms with Crippen molar-refractivity contribution in [3.05, 3.63) is 0 Å². The second kappa shape index (κ2) is 5.25. The Morgan fingerprint density at radius 1 is 1.53 bits per heavy atom. The monoisotopic (exact) mass is 242 g/mol. The van der Waals surface area contributed by atoms with E-state index in [4.69, 9.17) is 15.9 Å². The topological polar surface area (TPSA) is 91.4 Å². The third-order valence-electron chi connectivity index (χ3n) is 2.43. The Bertz CT molecular complexity index is 298. The quantitative estimate of drug-likeness (QED) is 0.470. The molecule has 1 fully saturated rings. The van der Waals surface area contributed by atoms with Crippen LogP contribution in [0.1, 0.15) is 33.6 Å². The molecule has 0 aromatic rings. The predicted molar refractivity (Wildman–Crippen MR) is 65.9 cm³/mol. The Hall–Kier alpha value is -1.46. The van der Waals surface area contributed by atoms with Crippen LogP contribution >= 0.6 is 0 Å². The van der Waals surface area contributed by atoms with E-state index in [0.29, 0.717) is 13.1 Å². The van der Waals surface area contributed by atoms with Crippen molar-refractivity contribution in [1.29, 1.82) is 5.41 Å². The van der Waals surface area contributed by atoms with Crippen LogP contribution in [0.3, 0.4) is 0 Å². The predicted octanol–water partition coefficient (Wildman–Crippen LogP) is 0.869. The maximum Gasteiger partial charge on any atom is 0.410 e. The Balaban J connectivity index is 2.49. The summed E-state index contributed by atoms with van der Waals surface area (Å²) in [6.45, 7) is 6.78. The van der Waals surface area contributed by atoms with Crippen molar-refractivity contribution in [3.63, 3.8) is 0 Å². The molecule has 1 unspecified atom stereocenters. The average molecular weight is 242 g/mol. The largest absolute Gasteiger partial charge is 0.444 e. The molecule has 6 heteroatoms. The average Bonchev–Trinajstić information content (AvgIpc) is 2.14. The van der Waals surface area contributed by atoms with Crippen molar-refractivity contribution in [2.24, 2.45) is 5.73 Å². The molecule has 0 saturated carbocycles. The standard InChI is InChI=1S/C11H22N4O2/c1-11(2,3)17-10(16)15-6-4-5-8(7-15)14-9(12)13/h8H,4-7H2,1-3H3,(H4,12,13,14). The van der Waals surface area contributed by atoms with Gasteiger partial charge in [0.05, 0.1) is 0 Å². The molecule has 1 aliphatic rings. The number of hydrogen-bond donors (Lipinski definition) is 3. The third-order valence-corrected chi connectivity index (χ3v) is 2.43. The number of nitrogens with one attached hydrogen (secondary N) is 2. The zero-order valence-electron chi connectivity index (χ0n) is 10.7. The summed E-state index contributed by atoms with van der Waals surface area (Å²) >= 11 is 0. The first-order valence-corrected chi connectivity index (χ1v) is 5.86. The van der Waals surface area contributed by atoms with Gasteiger partial charge in [0.25, 0.3) is 0 Å². The normalized spacial score (nSPS) is 20.9. The first-order chi connectivity index (χ1) is 7.78. The molecule has 98 valence electrons. The summed E-state index contributed by atoms with van der Waals surface area (Å²) < 4.78 is 5.30. The molecule has 0 radical (unpaired) electrons. The minimum Gasteiger partial charge on any atom is -0.444 e. The number of rotatable bonds is 1. The van der Waals surface area contributed by atoms with Crippen LogP contribution < -0.4 is 11.1 Å². The molecule has 1 atom stereocenters. The van der Waals surface area contributed by atoms with E-state index >= 15 is 0 Å². The summed E-state index contributed by atoms with van der Waals surface area (Å²) in [7, 11) is 0. The van der Waals surface area contributed by atoms with Crippen LogP contribution in [0.15, 0.2) is 0 Å². The van der Waals surface area contributed by atoms with Gasteiger partial charge in [0.1, 0.15) is 5.60 Å². The van der Waals surface area contributed by atoms with Gasteiger partial charge in [-0.3, -0.25) is 5.41 Å². The van der Waals surface area contributed by atoms with E-state index in [1.807, 2.05) is 20.8 Å². The molecule has 0 aliphatic carbocycles. The van der Waals surface area contributed by atoms with Crippen molar-refractivity contribution in [2.45, 2.75) is 45.3 Å². The molecular formula is C11H22N4O2. The highest BCUT2D eigenvalue weighted by Gasteiger charge is 2.27. The Morgan fingerprint density at radius 2 is 2.18 bits per heavy atom. The van der Waals surface area contributed by atoms with Crippen LogP contribution in [0.4, 0.5) is 4.79 Å². The van der Waals surface area contributed by atoms with Gasteiger partial charge < -0.3 is 20.7 Å². The highest BCUT2D eigenvalue weighted by atomic mass is 16.6. The second-order valence-corrected chi connectivity index (χ2v) is 5.32. The van der Waals surface area contributed by atoms with Gasteiger partial charge in [-0.2, -0.15) is 0 Å². The molecule has 0 bridgehead atoms. The SMILES string of the molecule is CC(C)(C)OC(=O)N1CCCC(NC(=N)N)C1. The van der Waals surface area contributed by atoms with E-state index in [2.05, 4.69) is 5.32 Å². The number of nitrogens with two attached hydrogens (primary N) is 1. The van der Waals surface area contributed by atoms with Crippen LogP contribution in [0, 0.1) is 5.41 Å². The lowest BCUT2D eigenvalue weighted by Gasteiger charge is -2.34. The summed E-state index contributed by atoms with van der Waals surface area (Å²) in [5.41, 5.74) is 4.81. The molecule has 0 aromatic carbocycles. The lowest BCUT2D eigenvalue weighted by atomic mass is 10.1. The molecule has 4 N–H and O–H groups in total. The van der Waals surface area contributed by atoms with Gasteiger partial charge in [-0.15, -0.1) is 0 Å². The van der Waals surface area contributed by atoms with Gasteiger partial charge in [-0.25, -0.2) is 4.79 Å². The number of nitrogens with zero attached hydrogens (tertiary/aromatic N) is 1. The number of guanidine groups is 1. The van der Waals surface area contributed by atoms with Crippen LogP contribution in [0.2, 0.25) is 0 Å². The lowest BCUT2D eigenvalue weighted by molar-refractivity contribution is 0.0194. The van der Waals surface area contributed by atoms with E-state index < -0.39 is 5.60 Å². The number of piperidine rings is 1. The summed E-state index contributed by atoms with van der Waals surface area (Å²) in [6, 6.07) is 0.0498. The Kier molecular flexibility index (Phi) is 4.20. The second-order valence-electron chi connectivity index (χ2n) is 5.32. The van der Waals surface area contributed by atoms with Crippen molar-refractivity contribution in [1.82, 2.24) is 10.2 Å². The molecule has 6 nitrogen and oxygen atoms in total. The van der Waals surface area contributed by atoms with E-state index in [1.165, 1.54) is 0 Å². The van der Waals surface area contributed by atoms with E-state index in [9.17, 15) is 4.79 Å². The molecule has 0 spiro atoms. The van der Waals surface area contributed by atoms with Gasteiger partial charge in [-0.1, -0.05) is 0 Å². The number of likely N-dealkylation sites (tertiary alicyclic amines) is 1. The van der Waals surface area contributed by atoms with Gasteiger partial charge >= 0.3 is 6.09 Å². The fourth-order valence-corrected chi connectivity index (χ4v) is 1.81. The number of carbonyl (C=O) groups is 1. The molecule has 17 heavy (non-hydrogen) atoms. The van der Waals surface area contributed by atoms with Crippen molar-refractivity contribution in [3.8, 4) is 0 Å². The van der Waals surface area contributed by atoms with Gasteiger partial charge in [0, 0.05) is 19.1 Å². The van der Waals surface area contributed by atoms with Crippen molar-refractivity contribution < 1.29 is 9.53 Å². The van der Waals surface area contributed by atoms with Gasteiger partial charge in [-0.05, 0) is 33.6 Å². The first kappa shape index (κ1) is 13.6. The zero-order valence-corrected chi connectivity index (χ0v) is 10.7. The van der Waals surface area contributed by atoms with Crippen molar-refractivity contribution in [2.75, 3.05) is 13.1 Å². The van der Waals surface area contributed by atoms with E-state index in [-0.39, 0.29) is 18.1 Å².